The van der Waals surface area contributed by atoms with Gasteiger partial charge in [-0.3, -0.25) is 9.13 Å². The quantitative estimate of drug-likeness (QED) is 0.355. The zero-order chi connectivity index (χ0) is 19.5. The van der Waals surface area contributed by atoms with Crippen molar-refractivity contribution in [1.82, 2.24) is 9.55 Å². The van der Waals surface area contributed by atoms with Gasteiger partial charge in [-0.25, -0.2) is 9.78 Å². The zero-order valence-corrected chi connectivity index (χ0v) is 15.1. The molecule has 5 atom stereocenters. The number of nitrogens with two attached hydrogens (primary N) is 1. The van der Waals surface area contributed by atoms with E-state index in [9.17, 15) is 24.5 Å². The van der Waals surface area contributed by atoms with E-state index in [2.05, 4.69) is 14.0 Å². The summed E-state index contributed by atoms with van der Waals surface area (Å²) in [7, 11) is -4.54. The molecule has 1 aromatic rings. The number of nitrogens with zero attached hydrogens (tertiary/aromatic N) is 2. The topological polar surface area (TPSA) is 178 Å². The van der Waals surface area contributed by atoms with Gasteiger partial charge < -0.3 is 39.4 Å². The molecule has 12 nitrogen and oxygen atoms in total. The van der Waals surface area contributed by atoms with Crippen LogP contribution in [-0.4, -0.2) is 63.9 Å². The molecule has 0 saturated carbocycles. The summed E-state index contributed by atoms with van der Waals surface area (Å²) in [4.78, 5) is 27.0. The van der Waals surface area contributed by atoms with E-state index in [1.54, 1.807) is 6.92 Å². The highest BCUT2D eigenvalue weighted by Crippen LogP contribution is 2.40. The Hall–Kier alpha value is -1.53. The summed E-state index contributed by atoms with van der Waals surface area (Å²) in [5.74, 6) is -0.884. The lowest BCUT2D eigenvalue weighted by atomic mass is 10.1. The Bertz CT molecular complexity index is 682. The van der Waals surface area contributed by atoms with Gasteiger partial charge in [-0.15, -0.1) is 0 Å². The molecule has 1 aliphatic rings. The van der Waals surface area contributed by atoms with Crippen molar-refractivity contribution in [2.45, 2.75) is 38.4 Å². The fourth-order valence-electron chi connectivity index (χ4n) is 2.39. The van der Waals surface area contributed by atoms with Crippen LogP contribution in [0.15, 0.2) is 6.33 Å². The first-order valence-corrected chi connectivity index (χ1v) is 9.29. The Balaban J connectivity index is 2.10. The van der Waals surface area contributed by atoms with Gasteiger partial charge in [-0.1, -0.05) is 0 Å². The van der Waals surface area contributed by atoms with Gasteiger partial charge in [0.1, 0.15) is 24.1 Å². The van der Waals surface area contributed by atoms with Crippen molar-refractivity contribution in [2.24, 2.45) is 0 Å². The van der Waals surface area contributed by atoms with Crippen LogP contribution in [0.25, 0.3) is 0 Å². The van der Waals surface area contributed by atoms with Crippen molar-refractivity contribution in [3.8, 4) is 0 Å². The number of phosphoric acid groups is 1. The summed E-state index contributed by atoms with van der Waals surface area (Å²) >= 11 is 0. The van der Waals surface area contributed by atoms with Crippen molar-refractivity contribution in [3.05, 3.63) is 12.0 Å². The summed E-state index contributed by atoms with van der Waals surface area (Å²) in [6, 6.07) is 0. The lowest BCUT2D eigenvalue weighted by molar-refractivity contribution is -0.228. The molecule has 0 bridgehead atoms. The monoisotopic (exact) mass is 394 g/mol. The van der Waals surface area contributed by atoms with Crippen molar-refractivity contribution >= 4 is 19.6 Å². The molecule has 0 radical (unpaired) electrons. The number of carbonyl (C=O) groups excluding carboxylic acids is 1. The van der Waals surface area contributed by atoms with E-state index >= 15 is 0 Å². The van der Waals surface area contributed by atoms with Gasteiger partial charge >= 0.3 is 5.97 Å². The number of hydrogen-bond donors (Lipinski definition) is 3. The predicted octanol–water partition coefficient (Wildman–Crippen LogP) is -1.22. The van der Waals surface area contributed by atoms with Crippen LogP contribution < -0.4 is 10.6 Å². The second-order valence-corrected chi connectivity index (χ2v) is 6.72. The SMILES string of the molecule is CCOC(=O)c1ncn([C@@H]2O[C@H](COP(=O)([O-])OCC)[C@@H](O)[C@H]2O)c1N. The van der Waals surface area contributed by atoms with E-state index < -0.39 is 44.9 Å². The van der Waals surface area contributed by atoms with Crippen LogP contribution in [-0.2, 0) is 23.1 Å². The highest BCUT2D eigenvalue weighted by molar-refractivity contribution is 7.45. The number of esters is 1. The molecule has 1 aromatic heterocycles. The van der Waals surface area contributed by atoms with Crippen molar-refractivity contribution < 1.29 is 43.0 Å². The molecule has 0 spiro atoms. The molecule has 1 saturated heterocycles. The summed E-state index contributed by atoms with van der Waals surface area (Å²) < 4.78 is 31.8. The number of aliphatic hydroxyl groups excluding tert-OH is 2. The number of anilines is 1. The number of aliphatic hydroxyl groups is 2. The summed E-state index contributed by atoms with van der Waals surface area (Å²) in [6.45, 7) is 2.53. The Kier molecular flexibility index (Phi) is 6.74. The van der Waals surface area contributed by atoms with Crippen LogP contribution in [0.5, 0.6) is 0 Å². The smallest absolute Gasteiger partial charge is 0.360 e. The largest absolute Gasteiger partial charge is 0.756 e. The molecule has 1 fully saturated rings. The Morgan fingerprint density at radius 1 is 1.38 bits per heavy atom. The van der Waals surface area contributed by atoms with Crippen LogP contribution in [0.3, 0.4) is 0 Å². The number of hydrogen-bond acceptors (Lipinski definition) is 11. The van der Waals surface area contributed by atoms with Gasteiger partial charge in [0, 0.05) is 0 Å². The fraction of sp³-hybridized carbons (Fsp3) is 0.692. The minimum Gasteiger partial charge on any atom is -0.756 e. The number of imidazole rings is 1. The second kappa shape index (κ2) is 8.44. The molecule has 2 rings (SSSR count). The maximum atomic E-state index is 11.7. The number of rotatable bonds is 8. The molecule has 0 amide bonds. The van der Waals surface area contributed by atoms with Crippen molar-refractivity contribution in [3.63, 3.8) is 0 Å². The first-order chi connectivity index (χ1) is 12.2. The average Bonchev–Trinajstić information content (AvgIpc) is 3.07. The van der Waals surface area contributed by atoms with Crippen LogP contribution in [0, 0.1) is 0 Å². The Morgan fingerprint density at radius 3 is 2.69 bits per heavy atom. The first-order valence-electron chi connectivity index (χ1n) is 7.83. The molecule has 0 aliphatic carbocycles. The lowest BCUT2D eigenvalue weighted by Gasteiger charge is -2.24. The third-order valence-corrected chi connectivity index (χ3v) is 4.64. The molecule has 1 aliphatic heterocycles. The Labute approximate surface area is 149 Å². The third-order valence-electron chi connectivity index (χ3n) is 3.60. The summed E-state index contributed by atoms with van der Waals surface area (Å²) in [6.07, 6.45) is -4.16. The molecule has 1 unspecified atom stereocenters. The van der Waals surface area contributed by atoms with E-state index in [1.807, 2.05) is 0 Å². The number of aromatic nitrogens is 2. The molecule has 0 aromatic carbocycles. The molecule has 4 N–H and O–H groups in total. The number of nitrogen functional groups attached to an aromatic ring is 1. The first kappa shape index (κ1) is 20.8. The van der Waals surface area contributed by atoms with Gasteiger partial charge in [0.05, 0.1) is 26.1 Å². The number of phosphoric ester groups is 1. The molecule has 13 heteroatoms. The van der Waals surface area contributed by atoms with Gasteiger partial charge in [0.25, 0.3) is 7.82 Å². The van der Waals surface area contributed by atoms with Crippen molar-refractivity contribution in [2.75, 3.05) is 25.6 Å². The van der Waals surface area contributed by atoms with E-state index in [0.717, 1.165) is 10.9 Å². The van der Waals surface area contributed by atoms with Crippen LogP contribution in [0.2, 0.25) is 0 Å². The van der Waals surface area contributed by atoms with Crippen LogP contribution in [0.4, 0.5) is 5.82 Å². The molecule has 26 heavy (non-hydrogen) atoms. The summed E-state index contributed by atoms with van der Waals surface area (Å²) in [5, 5.41) is 20.2. The van der Waals surface area contributed by atoms with E-state index in [-0.39, 0.29) is 24.7 Å². The minimum atomic E-state index is -4.54. The summed E-state index contributed by atoms with van der Waals surface area (Å²) in [5.41, 5.74) is 5.66. The third kappa shape index (κ3) is 4.41. The second-order valence-electron chi connectivity index (χ2n) is 5.31. The molecular weight excluding hydrogens is 373 g/mol. The lowest BCUT2D eigenvalue weighted by Crippen LogP contribution is -2.34. The van der Waals surface area contributed by atoms with Crippen molar-refractivity contribution in [1.29, 1.82) is 0 Å². The number of carbonyl (C=O) groups is 1. The van der Waals surface area contributed by atoms with Crippen LogP contribution in [0.1, 0.15) is 30.6 Å². The van der Waals surface area contributed by atoms with Gasteiger partial charge in [-0.2, -0.15) is 0 Å². The van der Waals surface area contributed by atoms with Gasteiger partial charge in [0.15, 0.2) is 11.9 Å². The van der Waals surface area contributed by atoms with Crippen LogP contribution >= 0.6 is 7.82 Å². The number of ether oxygens (including phenoxy) is 2. The Morgan fingerprint density at radius 2 is 2.08 bits per heavy atom. The maximum Gasteiger partial charge on any atom is 0.360 e. The maximum absolute atomic E-state index is 11.7. The van der Waals surface area contributed by atoms with E-state index in [4.69, 9.17) is 15.2 Å². The average molecular weight is 394 g/mol. The predicted molar refractivity (Wildman–Crippen MR) is 83.7 cm³/mol. The highest BCUT2D eigenvalue weighted by Gasteiger charge is 2.45. The fourth-order valence-corrected chi connectivity index (χ4v) is 3.11. The van der Waals surface area contributed by atoms with E-state index in [0.29, 0.717) is 0 Å². The van der Waals surface area contributed by atoms with E-state index in [1.165, 1.54) is 6.92 Å². The highest BCUT2D eigenvalue weighted by atomic mass is 31.2. The molecule has 148 valence electrons. The van der Waals surface area contributed by atoms with Gasteiger partial charge in [-0.05, 0) is 13.8 Å². The normalized spacial score (nSPS) is 28.0. The standard InChI is InChI=1S/C13H22N3O9P/c1-3-22-13(19)8-11(14)16(6-15-8)12-10(18)9(17)7(25-12)5-24-26(20,21)23-4-2/h6-7,9-10,12,17-18H,3-5,14H2,1-2H3,(H,20,21)/p-1/t7-,9-,10-,12-/m1/s1. The minimum absolute atomic E-state index is 0.109. The zero-order valence-electron chi connectivity index (χ0n) is 14.2. The van der Waals surface area contributed by atoms with Gasteiger partial charge in [0.2, 0.25) is 0 Å². The molecule has 2 heterocycles. The molecular formula is C13H21N3O9P-.